The van der Waals surface area contributed by atoms with E-state index in [9.17, 15) is 13.2 Å². The van der Waals surface area contributed by atoms with Gasteiger partial charge in [0.25, 0.3) is 0 Å². The van der Waals surface area contributed by atoms with Gasteiger partial charge in [-0.2, -0.15) is 13.2 Å². The van der Waals surface area contributed by atoms with E-state index in [0.29, 0.717) is 11.8 Å². The maximum atomic E-state index is 13.2. The van der Waals surface area contributed by atoms with Crippen molar-refractivity contribution in [2.45, 2.75) is 32.4 Å². The first-order valence-corrected chi connectivity index (χ1v) is 5.90. The average molecular weight is 253 g/mol. The zero-order valence-corrected chi connectivity index (χ0v) is 10.3. The van der Waals surface area contributed by atoms with Crippen molar-refractivity contribution in [1.82, 2.24) is 4.98 Å². The van der Waals surface area contributed by atoms with Crippen LogP contribution >= 0.6 is 0 Å². The molecule has 0 aliphatic carbocycles. The van der Waals surface area contributed by atoms with Gasteiger partial charge in [-0.05, 0) is 17.7 Å². The molecule has 4 heteroatoms. The lowest BCUT2D eigenvalue weighted by Gasteiger charge is -2.18. The summed E-state index contributed by atoms with van der Waals surface area (Å²) in [7, 11) is 0. The first kappa shape index (κ1) is 12.9. The van der Waals surface area contributed by atoms with Crippen molar-refractivity contribution >= 4 is 10.8 Å². The Labute approximate surface area is 104 Å². The third-order valence-electron chi connectivity index (χ3n) is 3.19. The number of halogens is 3. The van der Waals surface area contributed by atoms with Crippen LogP contribution in [0.15, 0.2) is 30.5 Å². The van der Waals surface area contributed by atoms with E-state index in [0.717, 1.165) is 0 Å². The van der Waals surface area contributed by atoms with Gasteiger partial charge in [-0.25, -0.2) is 0 Å². The van der Waals surface area contributed by atoms with Gasteiger partial charge in [-0.1, -0.05) is 38.1 Å². The Hall–Kier alpha value is -1.58. The van der Waals surface area contributed by atoms with E-state index in [1.807, 2.05) is 6.92 Å². The molecule has 1 heterocycles. The quantitative estimate of drug-likeness (QED) is 0.751. The molecule has 1 unspecified atom stereocenters. The fraction of sp³-hybridized carbons (Fsp3) is 0.357. The first-order valence-electron chi connectivity index (χ1n) is 5.90. The fourth-order valence-electron chi connectivity index (χ4n) is 2.04. The summed E-state index contributed by atoms with van der Waals surface area (Å²) in [6.45, 7) is 3.63. The van der Waals surface area contributed by atoms with Gasteiger partial charge in [-0.15, -0.1) is 0 Å². The average Bonchev–Trinajstić information content (AvgIpc) is 2.35. The molecule has 0 aliphatic rings. The number of nitrogens with zero attached hydrogens (tertiary/aromatic N) is 1. The molecule has 0 fully saturated rings. The summed E-state index contributed by atoms with van der Waals surface area (Å²) < 4.78 is 39.7. The summed E-state index contributed by atoms with van der Waals surface area (Å²) in [5.41, 5.74) is -0.446. The molecule has 0 spiro atoms. The van der Waals surface area contributed by atoms with E-state index in [4.69, 9.17) is 0 Å². The van der Waals surface area contributed by atoms with Crippen LogP contribution in [0, 0.1) is 0 Å². The number of rotatable bonds is 2. The highest BCUT2D eigenvalue weighted by atomic mass is 19.4. The van der Waals surface area contributed by atoms with Gasteiger partial charge >= 0.3 is 6.18 Å². The second kappa shape index (κ2) is 4.59. The van der Waals surface area contributed by atoms with Crippen LogP contribution < -0.4 is 0 Å². The molecular formula is C14H14F3N. The lowest BCUT2D eigenvalue weighted by molar-refractivity contribution is -0.137. The molecule has 18 heavy (non-hydrogen) atoms. The van der Waals surface area contributed by atoms with Crippen molar-refractivity contribution in [3.8, 4) is 0 Å². The van der Waals surface area contributed by atoms with Crippen LogP contribution in [-0.2, 0) is 6.18 Å². The second-order valence-corrected chi connectivity index (χ2v) is 4.41. The number of hydrogen-bond acceptors (Lipinski definition) is 1. The lowest BCUT2D eigenvalue weighted by atomic mass is 9.95. The summed E-state index contributed by atoms with van der Waals surface area (Å²) in [6.07, 6.45) is -2.22. The van der Waals surface area contributed by atoms with Crippen molar-refractivity contribution in [2.24, 2.45) is 0 Å². The maximum absolute atomic E-state index is 13.2. The van der Waals surface area contributed by atoms with Gasteiger partial charge in [0.15, 0.2) is 0 Å². The molecular weight excluding hydrogens is 239 g/mol. The normalized spacial score (nSPS) is 13.8. The smallest absolute Gasteiger partial charge is 0.260 e. The lowest BCUT2D eigenvalue weighted by Crippen LogP contribution is -2.13. The molecule has 0 saturated carbocycles. The Morgan fingerprint density at radius 2 is 1.89 bits per heavy atom. The summed E-state index contributed by atoms with van der Waals surface area (Å²) in [5.74, 6) is -0.203. The molecule has 1 aromatic heterocycles. The SMILES string of the molecule is CCC(C)c1ncc2ccccc2c1C(F)(F)F. The standard InChI is InChI=1S/C14H14F3N/c1-3-9(2)13-12(14(15,16)17)11-7-5-4-6-10(11)8-18-13/h4-9H,3H2,1-2H3. The summed E-state index contributed by atoms with van der Waals surface area (Å²) >= 11 is 0. The number of benzene rings is 1. The number of pyridine rings is 1. The zero-order chi connectivity index (χ0) is 13.3. The molecule has 0 amide bonds. The van der Waals surface area contributed by atoms with Crippen molar-refractivity contribution < 1.29 is 13.2 Å². The molecule has 0 bridgehead atoms. The van der Waals surface area contributed by atoms with Gasteiger partial charge in [0.1, 0.15) is 0 Å². The van der Waals surface area contributed by atoms with Crippen LogP contribution in [0.3, 0.4) is 0 Å². The number of hydrogen-bond donors (Lipinski definition) is 0. The third kappa shape index (κ3) is 2.19. The van der Waals surface area contributed by atoms with Crippen LogP contribution in [0.1, 0.15) is 37.4 Å². The van der Waals surface area contributed by atoms with E-state index in [1.165, 1.54) is 12.3 Å². The minimum atomic E-state index is -4.37. The van der Waals surface area contributed by atoms with Crippen LogP contribution in [-0.4, -0.2) is 4.98 Å². The van der Waals surface area contributed by atoms with E-state index >= 15 is 0 Å². The number of aromatic nitrogens is 1. The minimum absolute atomic E-state index is 0.142. The molecule has 2 aromatic rings. The zero-order valence-electron chi connectivity index (χ0n) is 10.3. The van der Waals surface area contributed by atoms with Crippen LogP contribution in [0.5, 0.6) is 0 Å². The predicted molar refractivity (Wildman–Crippen MR) is 65.5 cm³/mol. The Morgan fingerprint density at radius 3 is 2.50 bits per heavy atom. The highest BCUT2D eigenvalue weighted by Gasteiger charge is 2.37. The highest BCUT2D eigenvalue weighted by Crippen LogP contribution is 2.39. The van der Waals surface area contributed by atoms with Crippen molar-refractivity contribution in [1.29, 1.82) is 0 Å². The molecule has 0 radical (unpaired) electrons. The number of alkyl halides is 3. The minimum Gasteiger partial charge on any atom is -0.260 e. The molecule has 96 valence electrons. The van der Waals surface area contributed by atoms with Crippen LogP contribution in [0.25, 0.3) is 10.8 Å². The van der Waals surface area contributed by atoms with Gasteiger partial charge in [0, 0.05) is 11.6 Å². The maximum Gasteiger partial charge on any atom is 0.418 e. The second-order valence-electron chi connectivity index (χ2n) is 4.41. The Kier molecular flexibility index (Phi) is 3.28. The van der Waals surface area contributed by atoms with Crippen LogP contribution in [0.4, 0.5) is 13.2 Å². The van der Waals surface area contributed by atoms with E-state index in [1.54, 1.807) is 25.1 Å². The van der Waals surface area contributed by atoms with Gasteiger partial charge in [0.05, 0.1) is 11.3 Å². The molecule has 0 saturated heterocycles. The highest BCUT2D eigenvalue weighted by molar-refractivity contribution is 5.86. The third-order valence-corrected chi connectivity index (χ3v) is 3.19. The Bertz CT molecular complexity index is 560. The Balaban J connectivity index is 2.80. The predicted octanol–water partition coefficient (Wildman–Crippen LogP) is 4.77. The summed E-state index contributed by atoms with van der Waals surface area (Å²) in [6, 6.07) is 6.49. The largest absolute Gasteiger partial charge is 0.418 e. The monoisotopic (exact) mass is 253 g/mol. The topological polar surface area (TPSA) is 12.9 Å². The van der Waals surface area contributed by atoms with Crippen molar-refractivity contribution in [3.63, 3.8) is 0 Å². The first-order chi connectivity index (χ1) is 8.45. The van der Waals surface area contributed by atoms with Crippen LogP contribution in [0.2, 0.25) is 0 Å². The van der Waals surface area contributed by atoms with Crippen molar-refractivity contribution in [3.05, 3.63) is 41.7 Å². The molecule has 1 atom stereocenters. The summed E-state index contributed by atoms with van der Waals surface area (Å²) in [4.78, 5) is 4.02. The molecule has 0 aliphatic heterocycles. The van der Waals surface area contributed by atoms with Gasteiger partial charge in [-0.3, -0.25) is 4.98 Å². The number of fused-ring (bicyclic) bond motifs is 1. The molecule has 0 N–H and O–H groups in total. The molecule has 1 aromatic carbocycles. The van der Waals surface area contributed by atoms with Gasteiger partial charge < -0.3 is 0 Å². The van der Waals surface area contributed by atoms with E-state index in [2.05, 4.69) is 4.98 Å². The van der Waals surface area contributed by atoms with E-state index < -0.39 is 11.7 Å². The van der Waals surface area contributed by atoms with Gasteiger partial charge in [0.2, 0.25) is 0 Å². The Morgan fingerprint density at radius 1 is 1.22 bits per heavy atom. The van der Waals surface area contributed by atoms with E-state index in [-0.39, 0.29) is 17.0 Å². The fourth-order valence-corrected chi connectivity index (χ4v) is 2.04. The summed E-state index contributed by atoms with van der Waals surface area (Å²) in [5, 5.41) is 0.757. The van der Waals surface area contributed by atoms with Crippen molar-refractivity contribution in [2.75, 3.05) is 0 Å². The molecule has 2 rings (SSSR count). The molecule has 1 nitrogen and oxygen atoms in total.